The molecular weight excluding hydrogens is 312 g/mol. The minimum absolute atomic E-state index is 0.102. The van der Waals surface area contributed by atoms with Gasteiger partial charge in [0, 0.05) is 12.3 Å². The Kier molecular flexibility index (Phi) is 4.72. The zero-order chi connectivity index (χ0) is 15.7. The average Bonchev–Trinajstić information content (AvgIpc) is 2.84. The molecule has 0 spiro atoms. The first-order chi connectivity index (χ1) is 9.75. The van der Waals surface area contributed by atoms with Gasteiger partial charge in [0.15, 0.2) is 9.84 Å². The molecule has 118 valence electrons. The molecule has 1 aromatic carbocycles. The molecule has 0 saturated heterocycles. The van der Waals surface area contributed by atoms with E-state index >= 15 is 0 Å². The van der Waals surface area contributed by atoms with Crippen molar-refractivity contribution in [2.45, 2.75) is 35.1 Å². The summed E-state index contributed by atoms with van der Waals surface area (Å²) in [5.41, 5.74) is 5.65. The van der Waals surface area contributed by atoms with Gasteiger partial charge in [0.25, 0.3) is 0 Å². The minimum Gasteiger partial charge on any atom is -0.330 e. The van der Waals surface area contributed by atoms with Crippen LogP contribution in [0.25, 0.3) is 0 Å². The molecule has 1 saturated carbocycles. The van der Waals surface area contributed by atoms with E-state index in [-0.39, 0.29) is 21.8 Å². The van der Waals surface area contributed by atoms with Crippen molar-refractivity contribution in [1.29, 1.82) is 0 Å². The molecule has 1 aromatic rings. The number of benzene rings is 1. The molecule has 8 heteroatoms. The van der Waals surface area contributed by atoms with Crippen molar-refractivity contribution in [1.82, 2.24) is 4.72 Å². The van der Waals surface area contributed by atoms with Crippen molar-refractivity contribution >= 4 is 19.9 Å². The molecule has 0 aromatic heterocycles. The zero-order valence-electron chi connectivity index (χ0n) is 11.8. The van der Waals surface area contributed by atoms with E-state index in [2.05, 4.69) is 4.72 Å². The van der Waals surface area contributed by atoms with Crippen LogP contribution in [0, 0.1) is 5.92 Å². The van der Waals surface area contributed by atoms with Crippen molar-refractivity contribution < 1.29 is 16.8 Å². The Morgan fingerprint density at radius 3 is 2.33 bits per heavy atom. The summed E-state index contributed by atoms with van der Waals surface area (Å²) in [6, 6.07) is 5.41. The maximum absolute atomic E-state index is 12.5. The second kappa shape index (κ2) is 6.04. The largest absolute Gasteiger partial charge is 0.330 e. The van der Waals surface area contributed by atoms with E-state index in [0.717, 1.165) is 25.5 Å². The van der Waals surface area contributed by atoms with Gasteiger partial charge in [-0.05, 0) is 37.4 Å². The maximum atomic E-state index is 12.5. The van der Waals surface area contributed by atoms with Gasteiger partial charge in [-0.25, -0.2) is 21.6 Å². The normalized spacial score (nSPS) is 23.3. The predicted molar refractivity (Wildman–Crippen MR) is 80.1 cm³/mol. The number of sulfone groups is 1. The molecule has 3 N–H and O–H groups in total. The smallest absolute Gasteiger partial charge is 0.242 e. The highest BCUT2D eigenvalue weighted by Gasteiger charge is 2.32. The first-order valence-electron chi connectivity index (χ1n) is 6.77. The summed E-state index contributed by atoms with van der Waals surface area (Å²) in [7, 11) is -7.50. The van der Waals surface area contributed by atoms with Gasteiger partial charge in [-0.15, -0.1) is 0 Å². The lowest BCUT2D eigenvalue weighted by Gasteiger charge is -2.20. The summed E-state index contributed by atoms with van der Waals surface area (Å²) in [5.74, 6) is 0.102. The molecule has 1 aliphatic carbocycles. The third kappa shape index (κ3) is 3.63. The van der Waals surface area contributed by atoms with Crippen LogP contribution in [-0.2, 0) is 19.9 Å². The monoisotopic (exact) mass is 332 g/mol. The van der Waals surface area contributed by atoms with Crippen molar-refractivity contribution in [3.8, 4) is 0 Å². The highest BCUT2D eigenvalue weighted by atomic mass is 32.2. The fourth-order valence-corrected chi connectivity index (χ4v) is 5.68. The van der Waals surface area contributed by atoms with Gasteiger partial charge in [0.2, 0.25) is 10.0 Å². The number of hydrogen-bond donors (Lipinski definition) is 2. The first kappa shape index (κ1) is 16.4. The van der Waals surface area contributed by atoms with Crippen LogP contribution >= 0.6 is 0 Å². The Morgan fingerprint density at radius 2 is 1.76 bits per heavy atom. The van der Waals surface area contributed by atoms with Crippen LogP contribution in [0.2, 0.25) is 0 Å². The van der Waals surface area contributed by atoms with E-state index in [1.54, 1.807) is 0 Å². The molecule has 21 heavy (non-hydrogen) atoms. The van der Waals surface area contributed by atoms with Gasteiger partial charge < -0.3 is 5.73 Å². The molecule has 0 bridgehead atoms. The van der Waals surface area contributed by atoms with E-state index in [0.29, 0.717) is 6.54 Å². The second-order valence-electron chi connectivity index (χ2n) is 5.37. The van der Waals surface area contributed by atoms with E-state index < -0.39 is 19.9 Å². The molecule has 2 rings (SSSR count). The minimum atomic E-state index is -3.89. The zero-order valence-corrected chi connectivity index (χ0v) is 13.5. The molecular formula is C13H20N2O4S2. The van der Waals surface area contributed by atoms with Crippen LogP contribution in [0.3, 0.4) is 0 Å². The van der Waals surface area contributed by atoms with Crippen LogP contribution in [0.5, 0.6) is 0 Å². The van der Waals surface area contributed by atoms with E-state index in [9.17, 15) is 16.8 Å². The molecule has 0 unspecified atom stereocenters. The van der Waals surface area contributed by atoms with Crippen molar-refractivity contribution in [2.75, 3.05) is 12.8 Å². The summed E-state index contributed by atoms with van der Waals surface area (Å²) in [4.78, 5) is -0.380. The van der Waals surface area contributed by atoms with Crippen LogP contribution in [0.1, 0.15) is 19.3 Å². The molecule has 1 aliphatic rings. The number of nitrogens with one attached hydrogen (secondary N) is 1. The van der Waals surface area contributed by atoms with Gasteiger partial charge in [-0.1, -0.05) is 18.6 Å². The quantitative estimate of drug-likeness (QED) is 0.816. The van der Waals surface area contributed by atoms with E-state index in [1.165, 1.54) is 24.3 Å². The number of nitrogens with two attached hydrogens (primary N) is 1. The topological polar surface area (TPSA) is 106 Å². The summed E-state index contributed by atoms with van der Waals surface area (Å²) in [5, 5.41) is 0. The Bertz CT molecular complexity index is 713. The number of rotatable bonds is 5. The Labute approximate surface area is 125 Å². The fourth-order valence-electron chi connectivity index (χ4n) is 2.72. The first-order valence-corrected chi connectivity index (χ1v) is 10.1. The summed E-state index contributed by atoms with van der Waals surface area (Å²) >= 11 is 0. The second-order valence-corrected chi connectivity index (χ2v) is 9.04. The molecule has 2 atom stereocenters. The Balaban J connectivity index is 2.37. The average molecular weight is 332 g/mol. The van der Waals surface area contributed by atoms with Crippen molar-refractivity contribution in [3.05, 3.63) is 24.3 Å². The van der Waals surface area contributed by atoms with Gasteiger partial charge in [-0.2, -0.15) is 0 Å². The maximum Gasteiger partial charge on any atom is 0.242 e. The third-order valence-corrected chi connectivity index (χ3v) is 6.64. The molecule has 6 nitrogen and oxygen atoms in total. The summed E-state index contributed by atoms with van der Waals surface area (Å²) < 4.78 is 51.1. The lowest BCUT2D eigenvalue weighted by atomic mass is 10.1. The molecule has 1 fully saturated rings. The van der Waals surface area contributed by atoms with Gasteiger partial charge in [0.1, 0.15) is 4.90 Å². The lowest BCUT2D eigenvalue weighted by molar-refractivity contribution is 0.452. The fraction of sp³-hybridized carbons (Fsp3) is 0.538. The van der Waals surface area contributed by atoms with Crippen LogP contribution < -0.4 is 10.5 Å². The van der Waals surface area contributed by atoms with Crippen LogP contribution in [0.15, 0.2) is 34.1 Å². The third-order valence-electron chi connectivity index (χ3n) is 3.81. The number of sulfonamides is 1. The standard InChI is InChI=1S/C13H20N2O4S2/c1-20(16,17)12-7-2-3-8-13(12)21(18,19)15-11-6-4-5-10(11)9-14/h2-3,7-8,10-11,15H,4-6,9,14H2,1H3/t10-,11-/m1/s1. The van der Waals surface area contributed by atoms with Gasteiger partial charge in [0.05, 0.1) is 4.90 Å². The Morgan fingerprint density at radius 1 is 1.14 bits per heavy atom. The van der Waals surface area contributed by atoms with Gasteiger partial charge in [-0.3, -0.25) is 0 Å². The highest BCUT2D eigenvalue weighted by Crippen LogP contribution is 2.27. The number of hydrogen-bond acceptors (Lipinski definition) is 5. The van der Waals surface area contributed by atoms with Crippen LogP contribution in [-0.4, -0.2) is 35.7 Å². The molecule has 0 radical (unpaired) electrons. The van der Waals surface area contributed by atoms with E-state index in [4.69, 9.17) is 5.73 Å². The van der Waals surface area contributed by atoms with Gasteiger partial charge >= 0.3 is 0 Å². The Hall–Kier alpha value is -0.960. The SMILES string of the molecule is CS(=O)(=O)c1ccccc1S(=O)(=O)N[C@@H]1CCC[C@@H]1CN. The van der Waals surface area contributed by atoms with E-state index in [1.807, 2.05) is 0 Å². The highest BCUT2D eigenvalue weighted by molar-refractivity contribution is 7.93. The molecule has 0 amide bonds. The summed E-state index contributed by atoms with van der Waals surface area (Å²) in [6.07, 6.45) is 3.53. The van der Waals surface area contributed by atoms with Crippen LogP contribution in [0.4, 0.5) is 0 Å². The predicted octanol–water partition coefficient (Wildman–Crippen LogP) is 0.496. The molecule has 0 heterocycles. The lowest BCUT2D eigenvalue weighted by Crippen LogP contribution is -2.40. The molecule has 0 aliphatic heterocycles. The van der Waals surface area contributed by atoms with Crippen molar-refractivity contribution in [2.24, 2.45) is 11.7 Å². The van der Waals surface area contributed by atoms with Crippen molar-refractivity contribution in [3.63, 3.8) is 0 Å². The summed E-state index contributed by atoms with van der Waals surface area (Å²) in [6.45, 7) is 0.418.